The normalized spacial score (nSPS) is 11.0. The predicted molar refractivity (Wildman–Crippen MR) is 85.0 cm³/mol. The molecule has 0 unspecified atom stereocenters. The summed E-state index contributed by atoms with van der Waals surface area (Å²) in [6.45, 7) is 0. The van der Waals surface area contributed by atoms with Crippen LogP contribution in [0.25, 0.3) is 23.6 Å². The minimum atomic E-state index is 0.0750. The number of rotatable bonds is 4. The predicted octanol–water partition coefficient (Wildman–Crippen LogP) is 3.33. The molecule has 6 heteroatoms. The van der Waals surface area contributed by atoms with Gasteiger partial charge in [0.15, 0.2) is 17.3 Å². The molecular formula is C17H14N2O4. The molecule has 0 radical (unpaired) electrons. The van der Waals surface area contributed by atoms with E-state index in [1.165, 1.54) is 7.11 Å². The maximum absolute atomic E-state index is 9.78. The van der Waals surface area contributed by atoms with Crippen LogP contribution in [0, 0.1) is 0 Å². The molecule has 0 aliphatic rings. The summed E-state index contributed by atoms with van der Waals surface area (Å²) >= 11 is 0. The second kappa shape index (κ2) is 6.23. The van der Waals surface area contributed by atoms with Crippen molar-refractivity contribution in [3.8, 4) is 28.7 Å². The quantitative estimate of drug-likeness (QED) is 0.768. The van der Waals surface area contributed by atoms with Gasteiger partial charge in [0, 0.05) is 0 Å². The Kier molecular flexibility index (Phi) is 3.97. The van der Waals surface area contributed by atoms with Crippen LogP contribution in [0.3, 0.4) is 0 Å². The lowest BCUT2D eigenvalue weighted by Crippen LogP contribution is -1.84. The molecular weight excluding hydrogens is 296 g/mol. The van der Waals surface area contributed by atoms with E-state index in [1.54, 1.807) is 54.6 Å². The van der Waals surface area contributed by atoms with E-state index in [9.17, 15) is 10.2 Å². The molecule has 2 aromatic carbocycles. The van der Waals surface area contributed by atoms with Crippen LogP contribution >= 0.6 is 0 Å². The number of ether oxygens (including phenoxy) is 1. The lowest BCUT2D eigenvalue weighted by Gasteiger charge is -2.03. The Balaban J connectivity index is 1.83. The minimum Gasteiger partial charge on any atom is -0.507 e. The first kappa shape index (κ1) is 14.6. The topological polar surface area (TPSA) is 88.6 Å². The van der Waals surface area contributed by atoms with E-state index in [0.29, 0.717) is 17.1 Å². The van der Waals surface area contributed by atoms with Gasteiger partial charge in [-0.25, -0.2) is 0 Å². The summed E-state index contributed by atoms with van der Waals surface area (Å²) < 4.78 is 10.2. The largest absolute Gasteiger partial charge is 0.507 e. The molecule has 116 valence electrons. The number of aromatic hydroxyl groups is 2. The molecule has 2 N–H and O–H groups in total. The van der Waals surface area contributed by atoms with Gasteiger partial charge in [0.05, 0.1) is 12.7 Å². The van der Waals surface area contributed by atoms with Crippen molar-refractivity contribution in [2.45, 2.75) is 0 Å². The monoisotopic (exact) mass is 310 g/mol. The number of hydrogen-bond acceptors (Lipinski definition) is 6. The van der Waals surface area contributed by atoms with Gasteiger partial charge in [0.25, 0.3) is 5.89 Å². The molecule has 0 saturated heterocycles. The molecule has 3 aromatic rings. The zero-order valence-corrected chi connectivity index (χ0v) is 12.3. The van der Waals surface area contributed by atoms with Gasteiger partial charge < -0.3 is 19.5 Å². The number of phenolic OH excluding ortho intramolecular Hbond substituents is 2. The van der Waals surface area contributed by atoms with Crippen LogP contribution in [0.2, 0.25) is 0 Å². The van der Waals surface area contributed by atoms with E-state index < -0.39 is 0 Å². The minimum absolute atomic E-state index is 0.0750. The summed E-state index contributed by atoms with van der Waals surface area (Å²) in [5, 5.41) is 23.2. The van der Waals surface area contributed by atoms with Gasteiger partial charge in [0.2, 0.25) is 0 Å². The average molecular weight is 310 g/mol. The Morgan fingerprint density at radius 3 is 2.65 bits per heavy atom. The lowest BCUT2D eigenvalue weighted by atomic mass is 10.2. The van der Waals surface area contributed by atoms with Gasteiger partial charge in [0.1, 0.15) is 5.75 Å². The first-order valence-electron chi connectivity index (χ1n) is 6.84. The lowest BCUT2D eigenvalue weighted by molar-refractivity contribution is 0.373. The van der Waals surface area contributed by atoms with Gasteiger partial charge in [-0.15, -0.1) is 0 Å². The molecule has 0 bridgehead atoms. The van der Waals surface area contributed by atoms with E-state index in [4.69, 9.17) is 9.26 Å². The highest BCUT2D eigenvalue weighted by Gasteiger charge is 2.10. The third-order valence-electron chi connectivity index (χ3n) is 3.20. The Labute approximate surface area is 132 Å². The van der Waals surface area contributed by atoms with Gasteiger partial charge >= 0.3 is 0 Å². The molecule has 0 amide bonds. The highest BCUT2D eigenvalue weighted by Crippen LogP contribution is 2.28. The summed E-state index contributed by atoms with van der Waals surface area (Å²) in [5.74, 6) is 1.15. The highest BCUT2D eigenvalue weighted by molar-refractivity contribution is 5.69. The molecule has 0 spiro atoms. The fourth-order valence-electron chi connectivity index (χ4n) is 2.04. The zero-order chi connectivity index (χ0) is 16.2. The van der Waals surface area contributed by atoms with Crippen LogP contribution in [0.15, 0.2) is 47.0 Å². The molecule has 1 heterocycles. The summed E-state index contributed by atoms with van der Waals surface area (Å²) in [5.41, 5.74) is 1.29. The van der Waals surface area contributed by atoms with Crippen molar-refractivity contribution in [1.29, 1.82) is 0 Å². The van der Waals surface area contributed by atoms with Crippen molar-refractivity contribution in [2.75, 3.05) is 7.11 Å². The SMILES string of the molecule is COc1cc(/C=C/c2noc(-c3ccccc3O)n2)ccc1O. The smallest absolute Gasteiger partial charge is 0.261 e. The van der Waals surface area contributed by atoms with Crippen molar-refractivity contribution in [2.24, 2.45) is 0 Å². The first-order chi connectivity index (χ1) is 11.2. The first-order valence-corrected chi connectivity index (χ1v) is 6.84. The van der Waals surface area contributed by atoms with Gasteiger partial charge in [-0.1, -0.05) is 29.4 Å². The van der Waals surface area contributed by atoms with E-state index in [2.05, 4.69) is 10.1 Å². The molecule has 0 saturated carbocycles. The molecule has 3 rings (SSSR count). The molecule has 0 atom stereocenters. The average Bonchev–Trinajstić information content (AvgIpc) is 3.03. The third kappa shape index (κ3) is 3.16. The molecule has 6 nitrogen and oxygen atoms in total. The number of nitrogens with zero attached hydrogens (tertiary/aromatic N) is 2. The Hall–Kier alpha value is -3.28. The number of methoxy groups -OCH3 is 1. The van der Waals surface area contributed by atoms with Crippen LogP contribution < -0.4 is 4.74 Å². The third-order valence-corrected chi connectivity index (χ3v) is 3.20. The van der Waals surface area contributed by atoms with Crippen molar-refractivity contribution < 1.29 is 19.5 Å². The molecule has 23 heavy (non-hydrogen) atoms. The van der Waals surface area contributed by atoms with Crippen LogP contribution in [0.1, 0.15) is 11.4 Å². The van der Waals surface area contributed by atoms with Crippen LogP contribution in [0.5, 0.6) is 17.2 Å². The number of benzene rings is 2. The zero-order valence-electron chi connectivity index (χ0n) is 12.3. The molecule has 0 aliphatic carbocycles. The number of para-hydroxylation sites is 1. The van der Waals surface area contributed by atoms with Gasteiger partial charge in [-0.05, 0) is 35.9 Å². The molecule has 0 aliphatic heterocycles. The Bertz CT molecular complexity index is 855. The molecule has 1 aromatic heterocycles. The van der Waals surface area contributed by atoms with Crippen molar-refractivity contribution in [3.63, 3.8) is 0 Å². The number of phenols is 2. The van der Waals surface area contributed by atoms with E-state index in [-0.39, 0.29) is 17.4 Å². The standard InChI is InChI=1S/C17H14N2O4/c1-22-15-10-11(6-8-14(15)21)7-9-16-18-17(23-19-16)12-4-2-3-5-13(12)20/h2-10,20-21H,1H3/b9-7+. The van der Waals surface area contributed by atoms with Crippen LogP contribution in [-0.2, 0) is 0 Å². The summed E-state index contributed by atoms with van der Waals surface area (Å²) in [4.78, 5) is 4.21. The maximum Gasteiger partial charge on any atom is 0.261 e. The van der Waals surface area contributed by atoms with Crippen molar-refractivity contribution in [3.05, 3.63) is 53.9 Å². The van der Waals surface area contributed by atoms with Gasteiger partial charge in [-0.3, -0.25) is 0 Å². The Morgan fingerprint density at radius 1 is 1.04 bits per heavy atom. The number of hydrogen-bond donors (Lipinski definition) is 2. The summed E-state index contributed by atoms with van der Waals surface area (Å²) in [6.07, 6.45) is 3.43. The Morgan fingerprint density at radius 2 is 1.87 bits per heavy atom. The van der Waals surface area contributed by atoms with Crippen molar-refractivity contribution in [1.82, 2.24) is 10.1 Å². The van der Waals surface area contributed by atoms with E-state index >= 15 is 0 Å². The summed E-state index contributed by atoms with van der Waals surface area (Å²) in [7, 11) is 1.49. The van der Waals surface area contributed by atoms with Gasteiger partial charge in [-0.2, -0.15) is 4.98 Å². The van der Waals surface area contributed by atoms with Crippen LogP contribution in [-0.4, -0.2) is 27.5 Å². The highest BCUT2D eigenvalue weighted by atomic mass is 16.5. The number of aromatic nitrogens is 2. The summed E-state index contributed by atoms with van der Waals surface area (Å²) in [6, 6.07) is 11.7. The molecule has 0 fully saturated rings. The fraction of sp³-hybridized carbons (Fsp3) is 0.0588. The maximum atomic E-state index is 9.78. The second-order valence-electron chi connectivity index (χ2n) is 4.74. The second-order valence-corrected chi connectivity index (χ2v) is 4.74. The van der Waals surface area contributed by atoms with Crippen LogP contribution in [0.4, 0.5) is 0 Å². The van der Waals surface area contributed by atoms with E-state index in [0.717, 1.165) is 5.56 Å². The van der Waals surface area contributed by atoms with Crippen molar-refractivity contribution >= 4 is 12.2 Å². The fourth-order valence-corrected chi connectivity index (χ4v) is 2.04. The van der Waals surface area contributed by atoms with E-state index in [1.807, 2.05) is 0 Å².